The van der Waals surface area contributed by atoms with Gasteiger partial charge in [0.15, 0.2) is 5.82 Å². The van der Waals surface area contributed by atoms with Crippen LogP contribution in [0, 0.1) is 5.82 Å². The van der Waals surface area contributed by atoms with Crippen LogP contribution in [-0.2, 0) is 9.59 Å². The third-order valence-corrected chi connectivity index (χ3v) is 3.58. The summed E-state index contributed by atoms with van der Waals surface area (Å²) in [6.45, 7) is 0. The van der Waals surface area contributed by atoms with Crippen LogP contribution in [0.5, 0.6) is 0 Å². The molecule has 7 heteroatoms. The molecule has 0 radical (unpaired) electrons. The van der Waals surface area contributed by atoms with E-state index in [1.807, 2.05) is 0 Å². The van der Waals surface area contributed by atoms with Gasteiger partial charge in [0, 0.05) is 24.3 Å². The van der Waals surface area contributed by atoms with Gasteiger partial charge in [0.05, 0.1) is 17.6 Å². The minimum absolute atomic E-state index is 0.00647. The number of nitrogens with one attached hydrogen (secondary N) is 1. The van der Waals surface area contributed by atoms with Crippen LogP contribution in [0.25, 0.3) is 10.9 Å². The standard InChI is InChI=1S/C14H13FN4O2/c1-19-11(20)6-10(14(19)21)18-13-8(15)5-9(16)7-3-2-4-17-12(7)13/h2-5,10,18H,6,16H2,1H3. The Morgan fingerprint density at radius 2 is 2.24 bits per heavy atom. The molecule has 0 spiro atoms. The molecule has 0 bridgehead atoms. The smallest absolute Gasteiger partial charge is 0.251 e. The van der Waals surface area contributed by atoms with E-state index in [4.69, 9.17) is 5.73 Å². The van der Waals surface area contributed by atoms with Crippen molar-refractivity contribution in [3.05, 3.63) is 30.2 Å². The van der Waals surface area contributed by atoms with Crippen LogP contribution in [0.2, 0.25) is 0 Å². The van der Waals surface area contributed by atoms with Crippen LogP contribution in [0.4, 0.5) is 15.8 Å². The van der Waals surface area contributed by atoms with Gasteiger partial charge in [-0.2, -0.15) is 0 Å². The predicted octanol–water partition coefficient (Wildman–Crippen LogP) is 1.13. The molecular weight excluding hydrogens is 275 g/mol. The van der Waals surface area contributed by atoms with Crippen molar-refractivity contribution in [2.75, 3.05) is 18.1 Å². The zero-order valence-corrected chi connectivity index (χ0v) is 11.3. The number of aromatic nitrogens is 1. The lowest BCUT2D eigenvalue weighted by atomic mass is 10.1. The lowest BCUT2D eigenvalue weighted by molar-refractivity contribution is -0.136. The summed E-state index contributed by atoms with van der Waals surface area (Å²) in [5.74, 6) is -1.29. The van der Waals surface area contributed by atoms with Crippen molar-refractivity contribution in [1.82, 2.24) is 9.88 Å². The van der Waals surface area contributed by atoms with Gasteiger partial charge in [-0.3, -0.25) is 19.5 Å². The third kappa shape index (κ3) is 2.06. The minimum Gasteiger partial charge on any atom is -0.398 e. The summed E-state index contributed by atoms with van der Waals surface area (Å²) in [7, 11) is 1.40. The fraction of sp³-hybridized carbons (Fsp3) is 0.214. The number of benzene rings is 1. The number of halogens is 1. The molecule has 1 aliphatic heterocycles. The molecule has 1 unspecified atom stereocenters. The number of imide groups is 1. The molecular formula is C14H13FN4O2. The first-order valence-electron chi connectivity index (χ1n) is 6.38. The van der Waals surface area contributed by atoms with Crippen LogP contribution in [0.3, 0.4) is 0 Å². The molecule has 6 nitrogen and oxygen atoms in total. The molecule has 3 rings (SSSR count). The number of carbonyl (C=O) groups is 2. The van der Waals surface area contributed by atoms with Gasteiger partial charge in [-0.15, -0.1) is 0 Å². The van der Waals surface area contributed by atoms with E-state index in [9.17, 15) is 14.0 Å². The van der Waals surface area contributed by atoms with E-state index in [2.05, 4.69) is 10.3 Å². The van der Waals surface area contributed by atoms with E-state index in [1.54, 1.807) is 12.1 Å². The van der Waals surface area contributed by atoms with Crippen molar-refractivity contribution >= 4 is 34.1 Å². The minimum atomic E-state index is -0.786. The highest BCUT2D eigenvalue weighted by Gasteiger charge is 2.36. The normalized spacial score (nSPS) is 18.6. The van der Waals surface area contributed by atoms with Gasteiger partial charge in [0.25, 0.3) is 5.91 Å². The number of nitrogen functional groups attached to an aromatic ring is 1. The van der Waals surface area contributed by atoms with Crippen molar-refractivity contribution < 1.29 is 14.0 Å². The summed E-state index contributed by atoms with van der Waals surface area (Å²) in [4.78, 5) is 28.6. The summed E-state index contributed by atoms with van der Waals surface area (Å²) in [6, 6.07) is 3.80. The lowest BCUT2D eigenvalue weighted by Gasteiger charge is -2.15. The number of rotatable bonds is 2. The number of nitrogens with two attached hydrogens (primary N) is 1. The van der Waals surface area contributed by atoms with Crippen LogP contribution in [-0.4, -0.2) is 34.8 Å². The van der Waals surface area contributed by atoms with E-state index in [-0.39, 0.29) is 29.6 Å². The highest BCUT2D eigenvalue weighted by Crippen LogP contribution is 2.31. The second-order valence-corrected chi connectivity index (χ2v) is 4.91. The molecule has 0 aliphatic carbocycles. The number of anilines is 2. The van der Waals surface area contributed by atoms with Gasteiger partial charge < -0.3 is 11.1 Å². The Hall–Kier alpha value is -2.70. The maximum atomic E-state index is 14.2. The molecule has 21 heavy (non-hydrogen) atoms. The van der Waals surface area contributed by atoms with Gasteiger partial charge in [-0.25, -0.2) is 4.39 Å². The van der Waals surface area contributed by atoms with Crippen molar-refractivity contribution in [2.24, 2.45) is 0 Å². The lowest BCUT2D eigenvalue weighted by Crippen LogP contribution is -2.32. The van der Waals surface area contributed by atoms with Crippen molar-refractivity contribution in [2.45, 2.75) is 12.5 Å². The van der Waals surface area contributed by atoms with Crippen LogP contribution in [0.15, 0.2) is 24.4 Å². The molecule has 1 fully saturated rings. The number of carbonyl (C=O) groups excluding carboxylic acids is 2. The van der Waals surface area contributed by atoms with Crippen LogP contribution < -0.4 is 11.1 Å². The third-order valence-electron chi connectivity index (χ3n) is 3.58. The summed E-state index contributed by atoms with van der Waals surface area (Å²) in [5, 5.41) is 3.37. The van der Waals surface area contributed by atoms with Gasteiger partial charge in [-0.1, -0.05) is 0 Å². The average molecular weight is 288 g/mol. The van der Waals surface area contributed by atoms with E-state index in [0.29, 0.717) is 10.9 Å². The number of likely N-dealkylation sites (tertiary alicyclic amines) is 1. The Kier molecular flexibility index (Phi) is 2.97. The number of hydrogen-bond donors (Lipinski definition) is 2. The molecule has 3 N–H and O–H groups in total. The number of hydrogen-bond acceptors (Lipinski definition) is 5. The molecule has 1 aliphatic rings. The Labute approximate surface area is 119 Å². The Bertz CT molecular complexity index is 762. The zero-order chi connectivity index (χ0) is 15.1. The van der Waals surface area contributed by atoms with E-state index in [0.717, 1.165) is 4.90 Å². The zero-order valence-electron chi connectivity index (χ0n) is 11.3. The van der Waals surface area contributed by atoms with Gasteiger partial charge in [0.2, 0.25) is 5.91 Å². The number of pyridine rings is 1. The molecule has 2 aromatic rings. The summed E-state index contributed by atoms with van der Waals surface area (Å²) < 4.78 is 14.2. The second-order valence-electron chi connectivity index (χ2n) is 4.91. The molecule has 1 aromatic carbocycles. The molecule has 2 amide bonds. The monoisotopic (exact) mass is 288 g/mol. The van der Waals surface area contributed by atoms with Crippen molar-refractivity contribution in [1.29, 1.82) is 0 Å². The second kappa shape index (κ2) is 4.69. The van der Waals surface area contributed by atoms with E-state index in [1.165, 1.54) is 19.3 Å². The van der Waals surface area contributed by atoms with E-state index < -0.39 is 11.9 Å². The number of amides is 2. The van der Waals surface area contributed by atoms with Crippen LogP contribution >= 0.6 is 0 Å². The maximum absolute atomic E-state index is 14.2. The number of fused-ring (bicyclic) bond motifs is 1. The predicted molar refractivity (Wildman–Crippen MR) is 75.9 cm³/mol. The van der Waals surface area contributed by atoms with Gasteiger partial charge in [-0.05, 0) is 18.2 Å². The number of likely N-dealkylation sites (N-methyl/N-ethyl adjacent to an activating group) is 1. The Balaban J connectivity index is 2.06. The van der Waals surface area contributed by atoms with Crippen molar-refractivity contribution in [3.8, 4) is 0 Å². The fourth-order valence-corrected chi connectivity index (χ4v) is 2.42. The van der Waals surface area contributed by atoms with Gasteiger partial charge >= 0.3 is 0 Å². The summed E-state index contributed by atoms with van der Waals surface area (Å²) >= 11 is 0. The first-order valence-corrected chi connectivity index (χ1v) is 6.38. The molecule has 1 aromatic heterocycles. The molecule has 1 atom stereocenters. The Morgan fingerprint density at radius 1 is 1.48 bits per heavy atom. The first-order chi connectivity index (χ1) is 9.99. The quantitative estimate of drug-likeness (QED) is 0.638. The van der Waals surface area contributed by atoms with E-state index >= 15 is 0 Å². The fourth-order valence-electron chi connectivity index (χ4n) is 2.42. The molecule has 0 saturated carbocycles. The molecule has 1 saturated heterocycles. The SMILES string of the molecule is CN1C(=O)CC(Nc2c(F)cc(N)c3cccnc23)C1=O. The maximum Gasteiger partial charge on any atom is 0.251 e. The van der Waals surface area contributed by atoms with Crippen molar-refractivity contribution in [3.63, 3.8) is 0 Å². The van der Waals surface area contributed by atoms with Crippen LogP contribution in [0.1, 0.15) is 6.42 Å². The summed E-state index contributed by atoms with van der Waals surface area (Å²) in [5.41, 5.74) is 6.46. The molecule has 2 heterocycles. The highest BCUT2D eigenvalue weighted by atomic mass is 19.1. The highest BCUT2D eigenvalue weighted by molar-refractivity contribution is 6.07. The topological polar surface area (TPSA) is 88.3 Å². The first kappa shape index (κ1) is 13.3. The Morgan fingerprint density at radius 3 is 2.90 bits per heavy atom. The number of nitrogens with zero attached hydrogens (tertiary/aromatic N) is 2. The molecule has 108 valence electrons. The average Bonchev–Trinajstić information content (AvgIpc) is 2.71. The largest absolute Gasteiger partial charge is 0.398 e. The van der Waals surface area contributed by atoms with Gasteiger partial charge in [0.1, 0.15) is 6.04 Å². The summed E-state index contributed by atoms with van der Waals surface area (Å²) in [6.07, 6.45) is 1.51.